The molecule has 0 aliphatic carbocycles. The summed E-state index contributed by atoms with van der Waals surface area (Å²) in [6, 6.07) is 14.9. The van der Waals surface area contributed by atoms with Gasteiger partial charge in [-0.05, 0) is 51.0 Å². The highest BCUT2D eigenvalue weighted by atomic mass is 16.2. The molecular formula is C22H26N2O4. The second-order valence-corrected chi connectivity index (χ2v) is 6.48. The van der Waals surface area contributed by atoms with E-state index >= 15 is 0 Å². The minimum atomic E-state index is -0.258. The molecule has 0 spiro atoms. The van der Waals surface area contributed by atoms with Crippen LogP contribution in [-0.2, 0) is 19.2 Å². The average molecular weight is 382 g/mol. The zero-order chi connectivity index (χ0) is 21.1. The molecule has 0 saturated carbocycles. The molecule has 148 valence electrons. The van der Waals surface area contributed by atoms with Gasteiger partial charge in [-0.15, -0.1) is 0 Å². The van der Waals surface area contributed by atoms with E-state index in [1.807, 2.05) is 62.4 Å². The van der Waals surface area contributed by atoms with E-state index in [1.54, 1.807) is 0 Å². The molecule has 2 aromatic carbocycles. The summed E-state index contributed by atoms with van der Waals surface area (Å²) in [4.78, 5) is 43.8. The first-order valence-electron chi connectivity index (χ1n) is 8.89. The third-order valence-electron chi connectivity index (χ3n) is 3.66. The lowest BCUT2D eigenvalue weighted by Crippen LogP contribution is -2.15. The molecule has 0 aliphatic rings. The van der Waals surface area contributed by atoms with Gasteiger partial charge in [-0.25, -0.2) is 0 Å². The molecule has 28 heavy (non-hydrogen) atoms. The summed E-state index contributed by atoms with van der Waals surface area (Å²) in [6.07, 6.45) is -0.122. The highest BCUT2D eigenvalue weighted by Crippen LogP contribution is 2.14. The van der Waals surface area contributed by atoms with Crippen molar-refractivity contribution in [3.05, 3.63) is 59.7 Å². The van der Waals surface area contributed by atoms with Crippen molar-refractivity contribution in [3.63, 3.8) is 0 Å². The summed E-state index contributed by atoms with van der Waals surface area (Å²) in [5, 5.41) is 5.36. The van der Waals surface area contributed by atoms with Gasteiger partial charge in [0, 0.05) is 11.4 Å². The van der Waals surface area contributed by atoms with Gasteiger partial charge in [0.2, 0.25) is 11.8 Å². The van der Waals surface area contributed by atoms with Crippen LogP contribution in [0.3, 0.4) is 0 Å². The number of carbonyl (C=O) groups is 4. The highest BCUT2D eigenvalue weighted by molar-refractivity contribution is 6.04. The first kappa shape index (κ1) is 22.8. The van der Waals surface area contributed by atoms with E-state index in [0.717, 1.165) is 22.5 Å². The Hall–Kier alpha value is -3.28. The van der Waals surface area contributed by atoms with Gasteiger partial charge in [0.05, 0.1) is 12.8 Å². The van der Waals surface area contributed by atoms with Gasteiger partial charge >= 0.3 is 0 Å². The van der Waals surface area contributed by atoms with Gasteiger partial charge in [-0.3, -0.25) is 19.2 Å². The Morgan fingerprint density at radius 1 is 0.643 bits per heavy atom. The molecule has 0 aromatic heterocycles. The number of amides is 2. The van der Waals surface area contributed by atoms with Gasteiger partial charge in [-0.2, -0.15) is 0 Å². The standard InChI is InChI=1S/2C11H13NO2/c2*1-8-5-3-4-6-10(8)12-11(14)7-9(2)13/h2*3-6H,7H2,1-2H3,(H,12,14). The van der Waals surface area contributed by atoms with Gasteiger partial charge in [0.25, 0.3) is 0 Å². The number of anilines is 2. The number of benzene rings is 2. The number of hydrogen-bond acceptors (Lipinski definition) is 4. The molecule has 0 atom stereocenters. The predicted octanol–water partition coefficient (Wildman–Crippen LogP) is 3.83. The van der Waals surface area contributed by atoms with E-state index < -0.39 is 0 Å². The molecule has 0 unspecified atom stereocenters. The molecule has 0 bridgehead atoms. The van der Waals surface area contributed by atoms with Crippen LogP contribution < -0.4 is 10.6 Å². The maximum absolute atomic E-state index is 11.2. The van der Waals surface area contributed by atoms with Crippen LogP contribution in [-0.4, -0.2) is 23.4 Å². The fourth-order valence-corrected chi connectivity index (χ4v) is 2.27. The Balaban J connectivity index is 0.000000280. The number of rotatable bonds is 6. The first-order valence-corrected chi connectivity index (χ1v) is 8.89. The molecule has 0 fully saturated rings. The van der Waals surface area contributed by atoms with Crippen molar-refractivity contribution in [1.29, 1.82) is 0 Å². The fraction of sp³-hybridized carbons (Fsp3) is 0.273. The minimum absolute atomic E-state index is 0.0612. The van der Waals surface area contributed by atoms with Crippen molar-refractivity contribution in [1.82, 2.24) is 0 Å². The van der Waals surface area contributed by atoms with Crippen LogP contribution in [0.25, 0.3) is 0 Å². The number of aryl methyl sites for hydroxylation is 2. The maximum atomic E-state index is 11.2. The number of Topliss-reactive ketones (excluding diaryl/α,β-unsaturated/α-hetero) is 2. The monoisotopic (exact) mass is 382 g/mol. The summed E-state index contributed by atoms with van der Waals surface area (Å²) in [5.74, 6) is -0.772. The van der Waals surface area contributed by atoms with Gasteiger partial charge < -0.3 is 10.6 Å². The SMILES string of the molecule is CC(=O)CC(=O)Nc1ccccc1C.CC(=O)CC(=O)Nc1ccccc1C. The third kappa shape index (κ3) is 8.89. The molecular weight excluding hydrogens is 356 g/mol. The number of ketones is 2. The maximum Gasteiger partial charge on any atom is 0.231 e. The Kier molecular flexibility index (Phi) is 9.30. The predicted molar refractivity (Wildman–Crippen MR) is 110 cm³/mol. The van der Waals surface area contributed by atoms with Crippen LogP contribution in [0.5, 0.6) is 0 Å². The molecule has 6 heteroatoms. The van der Waals surface area contributed by atoms with Crippen LogP contribution in [0.4, 0.5) is 11.4 Å². The molecule has 2 rings (SSSR count). The quantitative estimate of drug-likeness (QED) is 0.743. The van der Waals surface area contributed by atoms with E-state index in [4.69, 9.17) is 0 Å². The lowest BCUT2D eigenvalue weighted by atomic mass is 10.2. The lowest BCUT2D eigenvalue weighted by Gasteiger charge is -2.06. The largest absolute Gasteiger partial charge is 0.325 e. The van der Waals surface area contributed by atoms with E-state index in [0.29, 0.717) is 0 Å². The molecule has 2 N–H and O–H groups in total. The molecule has 0 radical (unpaired) electrons. The number of nitrogens with one attached hydrogen (secondary N) is 2. The Labute approximate surface area is 165 Å². The average Bonchev–Trinajstić information content (AvgIpc) is 2.58. The van der Waals surface area contributed by atoms with E-state index in [-0.39, 0.29) is 36.2 Å². The summed E-state index contributed by atoms with van der Waals surface area (Å²) in [6.45, 7) is 6.61. The lowest BCUT2D eigenvalue weighted by molar-refractivity contribution is -0.125. The normalized spacial score (nSPS) is 9.57. The number of hydrogen-bond donors (Lipinski definition) is 2. The van der Waals surface area contributed by atoms with Gasteiger partial charge in [0.1, 0.15) is 11.6 Å². The molecule has 2 amide bonds. The zero-order valence-electron chi connectivity index (χ0n) is 16.7. The molecule has 6 nitrogen and oxygen atoms in total. The van der Waals surface area contributed by atoms with Crippen molar-refractivity contribution in [2.75, 3.05) is 10.6 Å². The van der Waals surface area contributed by atoms with Gasteiger partial charge in [-0.1, -0.05) is 36.4 Å². The summed E-state index contributed by atoms with van der Waals surface area (Å²) in [7, 11) is 0. The molecule has 0 saturated heterocycles. The van der Waals surface area contributed by atoms with Crippen molar-refractivity contribution in [2.45, 2.75) is 40.5 Å². The summed E-state index contributed by atoms with van der Waals surface area (Å²) < 4.78 is 0. The van der Waals surface area contributed by atoms with Crippen LogP contribution in [0.15, 0.2) is 48.5 Å². The Morgan fingerprint density at radius 3 is 1.25 bits per heavy atom. The smallest absolute Gasteiger partial charge is 0.231 e. The second-order valence-electron chi connectivity index (χ2n) is 6.48. The highest BCUT2D eigenvalue weighted by Gasteiger charge is 2.07. The number of carbonyl (C=O) groups excluding carboxylic acids is 4. The first-order chi connectivity index (χ1) is 13.2. The van der Waals surface area contributed by atoms with Crippen molar-refractivity contribution in [2.24, 2.45) is 0 Å². The Morgan fingerprint density at radius 2 is 0.964 bits per heavy atom. The van der Waals surface area contributed by atoms with E-state index in [9.17, 15) is 19.2 Å². The van der Waals surface area contributed by atoms with Crippen LogP contribution >= 0.6 is 0 Å². The van der Waals surface area contributed by atoms with Gasteiger partial charge in [0.15, 0.2) is 0 Å². The van der Waals surface area contributed by atoms with Crippen molar-refractivity contribution in [3.8, 4) is 0 Å². The van der Waals surface area contributed by atoms with Crippen LogP contribution in [0.1, 0.15) is 37.8 Å². The van der Waals surface area contributed by atoms with E-state index in [1.165, 1.54) is 13.8 Å². The van der Waals surface area contributed by atoms with E-state index in [2.05, 4.69) is 10.6 Å². The molecule has 2 aromatic rings. The van der Waals surface area contributed by atoms with Crippen LogP contribution in [0.2, 0.25) is 0 Å². The summed E-state index contributed by atoms with van der Waals surface area (Å²) >= 11 is 0. The Bertz CT molecular complexity index is 788. The molecule has 0 aliphatic heterocycles. The van der Waals surface area contributed by atoms with Crippen molar-refractivity contribution < 1.29 is 19.2 Å². The third-order valence-corrected chi connectivity index (χ3v) is 3.66. The zero-order valence-corrected chi connectivity index (χ0v) is 16.7. The summed E-state index contributed by atoms with van der Waals surface area (Å²) in [5.41, 5.74) is 3.51. The minimum Gasteiger partial charge on any atom is -0.325 e. The molecule has 0 heterocycles. The fourth-order valence-electron chi connectivity index (χ4n) is 2.27. The van der Waals surface area contributed by atoms with Crippen LogP contribution in [0, 0.1) is 13.8 Å². The second kappa shape index (κ2) is 11.4. The van der Waals surface area contributed by atoms with Crippen molar-refractivity contribution >= 4 is 34.8 Å². The number of para-hydroxylation sites is 2. The topological polar surface area (TPSA) is 92.3 Å².